The predicted octanol–water partition coefficient (Wildman–Crippen LogP) is 7.05. The summed E-state index contributed by atoms with van der Waals surface area (Å²) in [6.45, 7) is -2.27. The Morgan fingerprint density at radius 2 is 1.16 bits per heavy atom. The SMILES string of the molecule is COc1ccc(Cc2ccccc2[PH](Cl)(c2ccccc2)c2ccccc2)cc1OCc1ccccc1. The zero-order valence-electron chi connectivity index (χ0n) is 20.8. The average Bonchev–Trinajstić information content (AvgIpc) is 2.97. The van der Waals surface area contributed by atoms with Crippen LogP contribution in [-0.2, 0) is 13.0 Å². The molecule has 0 atom stereocenters. The third-order valence-corrected chi connectivity index (χ3v) is 12.0. The van der Waals surface area contributed by atoms with E-state index >= 15 is 0 Å². The summed E-state index contributed by atoms with van der Waals surface area (Å²) in [6, 6.07) is 45.9. The van der Waals surface area contributed by atoms with Crippen LogP contribution in [0.4, 0.5) is 0 Å². The van der Waals surface area contributed by atoms with Crippen molar-refractivity contribution in [2.75, 3.05) is 7.11 Å². The summed E-state index contributed by atoms with van der Waals surface area (Å²) in [4.78, 5) is 0. The second kappa shape index (κ2) is 11.6. The molecular formula is C33H30ClO2P. The van der Waals surface area contributed by atoms with E-state index in [4.69, 9.17) is 20.7 Å². The summed E-state index contributed by atoms with van der Waals surface area (Å²) in [6.07, 6.45) is 0.739. The molecular weight excluding hydrogens is 495 g/mol. The first-order valence-corrected chi connectivity index (χ1v) is 15.4. The first kappa shape index (κ1) is 25.1. The van der Waals surface area contributed by atoms with Crippen LogP contribution < -0.4 is 25.4 Å². The first-order chi connectivity index (χ1) is 18.2. The summed E-state index contributed by atoms with van der Waals surface area (Å²) >= 11 is 7.78. The Morgan fingerprint density at radius 1 is 0.595 bits per heavy atom. The molecule has 0 amide bonds. The number of rotatable bonds is 9. The summed E-state index contributed by atoms with van der Waals surface area (Å²) in [5.41, 5.74) is 3.48. The van der Waals surface area contributed by atoms with Crippen LogP contribution in [0.25, 0.3) is 0 Å². The molecule has 0 heterocycles. The van der Waals surface area contributed by atoms with Crippen molar-refractivity contribution >= 4 is 33.8 Å². The van der Waals surface area contributed by atoms with Gasteiger partial charge in [0, 0.05) is 0 Å². The molecule has 0 spiro atoms. The third-order valence-electron chi connectivity index (χ3n) is 6.59. The summed E-state index contributed by atoms with van der Waals surface area (Å²) in [5.74, 6) is 1.46. The Kier molecular flexibility index (Phi) is 7.90. The van der Waals surface area contributed by atoms with Crippen LogP contribution >= 0.6 is 17.9 Å². The monoisotopic (exact) mass is 524 g/mol. The number of benzene rings is 5. The Hall–Kier alpha value is -3.58. The second-order valence-corrected chi connectivity index (χ2v) is 13.7. The standard InChI is InChI=1S/C33H30ClO2P/c1-35-31-22-21-27(24-32(31)36-25-26-13-5-2-6-14-26)23-28-15-11-12-20-33(28)37(34,29-16-7-3-8-17-29)30-18-9-4-10-19-30/h2-22,24,37H,23,25H2,1H3. The van der Waals surface area contributed by atoms with Gasteiger partial charge in [-0.05, 0) is 0 Å². The number of hydrogen-bond acceptors (Lipinski definition) is 2. The fraction of sp³-hybridized carbons (Fsp3) is 0.0909. The van der Waals surface area contributed by atoms with Gasteiger partial charge in [0.2, 0.25) is 0 Å². The van der Waals surface area contributed by atoms with E-state index in [-0.39, 0.29) is 0 Å². The van der Waals surface area contributed by atoms with E-state index in [0.29, 0.717) is 6.61 Å². The molecule has 0 aliphatic carbocycles. The summed E-state index contributed by atoms with van der Waals surface area (Å²) in [5, 5.41) is 3.56. The van der Waals surface area contributed by atoms with Gasteiger partial charge in [-0.25, -0.2) is 0 Å². The zero-order valence-corrected chi connectivity index (χ0v) is 22.6. The van der Waals surface area contributed by atoms with E-state index in [1.807, 2.05) is 36.4 Å². The maximum atomic E-state index is 7.78. The van der Waals surface area contributed by atoms with Crippen molar-refractivity contribution in [1.82, 2.24) is 0 Å². The minimum atomic E-state index is -2.75. The first-order valence-electron chi connectivity index (χ1n) is 12.4. The van der Waals surface area contributed by atoms with Gasteiger partial charge in [-0.3, -0.25) is 0 Å². The molecule has 5 aromatic carbocycles. The van der Waals surface area contributed by atoms with Crippen molar-refractivity contribution in [3.05, 3.63) is 150 Å². The van der Waals surface area contributed by atoms with Crippen molar-refractivity contribution in [2.45, 2.75) is 13.0 Å². The van der Waals surface area contributed by atoms with Crippen LogP contribution in [0.3, 0.4) is 0 Å². The quantitative estimate of drug-likeness (QED) is 0.192. The van der Waals surface area contributed by atoms with Gasteiger partial charge in [0.25, 0.3) is 0 Å². The van der Waals surface area contributed by atoms with Crippen LogP contribution in [0.1, 0.15) is 16.7 Å². The van der Waals surface area contributed by atoms with E-state index < -0.39 is 6.62 Å². The number of ether oxygens (including phenoxy) is 2. The van der Waals surface area contributed by atoms with Crippen LogP contribution in [0.15, 0.2) is 133 Å². The average molecular weight is 525 g/mol. The molecule has 0 aliphatic rings. The van der Waals surface area contributed by atoms with Crippen molar-refractivity contribution in [2.24, 2.45) is 0 Å². The maximum absolute atomic E-state index is 7.78. The van der Waals surface area contributed by atoms with E-state index in [2.05, 4.69) is 97.1 Å². The minimum absolute atomic E-state index is 0.483. The van der Waals surface area contributed by atoms with Crippen molar-refractivity contribution in [3.63, 3.8) is 0 Å². The van der Waals surface area contributed by atoms with Crippen molar-refractivity contribution < 1.29 is 9.47 Å². The number of methoxy groups -OCH3 is 1. The summed E-state index contributed by atoms with van der Waals surface area (Å²) in [7, 11) is 1.67. The van der Waals surface area contributed by atoms with Gasteiger partial charge in [0.15, 0.2) is 0 Å². The fourth-order valence-electron chi connectivity index (χ4n) is 4.72. The summed E-state index contributed by atoms with van der Waals surface area (Å²) < 4.78 is 11.8. The van der Waals surface area contributed by atoms with Crippen molar-refractivity contribution in [1.29, 1.82) is 0 Å². The molecule has 0 aromatic heterocycles. The fourth-order valence-corrected chi connectivity index (χ4v) is 9.23. The van der Waals surface area contributed by atoms with Crippen LogP contribution in [0, 0.1) is 0 Å². The second-order valence-electron chi connectivity index (χ2n) is 8.98. The van der Waals surface area contributed by atoms with Gasteiger partial charge in [0.1, 0.15) is 0 Å². The molecule has 37 heavy (non-hydrogen) atoms. The topological polar surface area (TPSA) is 18.5 Å². The number of hydrogen-bond donors (Lipinski definition) is 0. The molecule has 0 N–H and O–H groups in total. The van der Waals surface area contributed by atoms with E-state index in [1.165, 1.54) is 21.5 Å². The molecule has 0 radical (unpaired) electrons. The van der Waals surface area contributed by atoms with Gasteiger partial charge in [-0.2, -0.15) is 0 Å². The van der Waals surface area contributed by atoms with Gasteiger partial charge < -0.3 is 0 Å². The predicted molar refractivity (Wildman–Crippen MR) is 159 cm³/mol. The van der Waals surface area contributed by atoms with E-state index in [0.717, 1.165) is 29.0 Å². The Bertz CT molecular complexity index is 1400. The molecule has 0 saturated heterocycles. The Labute approximate surface area is 224 Å². The molecule has 186 valence electrons. The van der Waals surface area contributed by atoms with Crippen LogP contribution in [-0.4, -0.2) is 7.11 Å². The molecule has 0 saturated carbocycles. The molecule has 0 unspecified atom stereocenters. The molecule has 0 fully saturated rings. The van der Waals surface area contributed by atoms with E-state index in [1.54, 1.807) is 7.11 Å². The van der Waals surface area contributed by atoms with Crippen LogP contribution in [0.2, 0.25) is 0 Å². The molecule has 4 heteroatoms. The normalized spacial score (nSPS) is 11.6. The zero-order chi connectivity index (χ0) is 25.5. The molecule has 5 aromatic rings. The number of halogens is 1. The van der Waals surface area contributed by atoms with Gasteiger partial charge >= 0.3 is 225 Å². The van der Waals surface area contributed by atoms with Crippen LogP contribution in [0.5, 0.6) is 11.5 Å². The van der Waals surface area contributed by atoms with Crippen molar-refractivity contribution in [3.8, 4) is 11.5 Å². The van der Waals surface area contributed by atoms with Gasteiger partial charge in [-0.15, -0.1) is 0 Å². The molecule has 0 aliphatic heterocycles. The van der Waals surface area contributed by atoms with Gasteiger partial charge in [-0.1, -0.05) is 0 Å². The Morgan fingerprint density at radius 3 is 1.78 bits per heavy atom. The van der Waals surface area contributed by atoms with E-state index in [9.17, 15) is 0 Å². The molecule has 0 bridgehead atoms. The third kappa shape index (κ3) is 5.57. The molecule has 5 rings (SSSR count). The van der Waals surface area contributed by atoms with Gasteiger partial charge in [0.05, 0.1) is 0 Å². The Balaban J connectivity index is 1.52. The molecule has 2 nitrogen and oxygen atoms in total.